The van der Waals surface area contributed by atoms with Gasteiger partial charge in [-0.05, 0) is 24.5 Å². The fraction of sp³-hybridized carbons (Fsp3) is 0.385. The second-order valence-corrected chi connectivity index (χ2v) is 6.77. The van der Waals surface area contributed by atoms with Gasteiger partial charge >= 0.3 is 0 Å². The van der Waals surface area contributed by atoms with E-state index in [0.717, 1.165) is 12.1 Å². The molecule has 2 bridgehead atoms. The van der Waals surface area contributed by atoms with Crippen LogP contribution in [-0.4, -0.2) is 20.4 Å². The maximum absolute atomic E-state index is 12.3. The summed E-state index contributed by atoms with van der Waals surface area (Å²) in [5.74, 6) is 0.952. The number of anilines is 1. The fourth-order valence-corrected chi connectivity index (χ4v) is 5.50. The molecule has 1 saturated heterocycles. The number of fused-ring (bicyclic) bond motifs is 5. The molecule has 19 heavy (non-hydrogen) atoms. The minimum atomic E-state index is -0.991. The van der Waals surface area contributed by atoms with Crippen molar-refractivity contribution in [2.75, 3.05) is 4.31 Å². The van der Waals surface area contributed by atoms with Gasteiger partial charge in [0.15, 0.2) is 0 Å². The molecule has 5 nitrogen and oxygen atoms in total. The number of allylic oxidation sites excluding steroid dienone is 1. The first-order valence-corrected chi connectivity index (χ1v) is 7.46. The van der Waals surface area contributed by atoms with E-state index in [-0.39, 0.29) is 10.9 Å². The van der Waals surface area contributed by atoms with Crippen LogP contribution in [0, 0.1) is 22.0 Å². The molecule has 5 atom stereocenters. The fourth-order valence-electron chi connectivity index (χ4n) is 3.51. The largest absolute Gasteiger partial charge is 0.287 e. The highest BCUT2D eigenvalue weighted by Gasteiger charge is 2.60. The molecule has 6 heteroatoms. The molecule has 1 saturated carbocycles. The third-order valence-corrected chi connectivity index (χ3v) is 6.30. The number of non-ortho nitro benzene ring substituents is 1. The summed E-state index contributed by atoms with van der Waals surface area (Å²) in [7, 11) is -0.991. The van der Waals surface area contributed by atoms with Crippen LogP contribution in [-0.2, 0) is 11.0 Å². The number of benzene rings is 1. The summed E-state index contributed by atoms with van der Waals surface area (Å²) in [5.41, 5.74) is 0.894. The predicted molar refractivity (Wildman–Crippen MR) is 72.0 cm³/mol. The van der Waals surface area contributed by atoms with Crippen LogP contribution in [0.1, 0.15) is 6.42 Å². The quantitative estimate of drug-likeness (QED) is 0.471. The van der Waals surface area contributed by atoms with Crippen molar-refractivity contribution in [2.24, 2.45) is 11.8 Å². The smallest absolute Gasteiger partial charge is 0.269 e. The molecule has 0 radical (unpaired) electrons. The van der Waals surface area contributed by atoms with Gasteiger partial charge < -0.3 is 0 Å². The standard InChI is InChI=1S/C13H12N2O3S/c16-15(17)11-5-3-10(4-6-11)14-12-8-1-2-9(7-8)13(12)19(14)18/h1-6,8-9,12-13H,7H2/t8-,9+,12+,13-,19?/m1/s1. The number of hydrogen-bond acceptors (Lipinski definition) is 3. The molecule has 2 aliphatic carbocycles. The molecule has 1 unspecified atom stereocenters. The summed E-state index contributed by atoms with van der Waals surface area (Å²) in [6.07, 6.45) is 5.52. The Labute approximate surface area is 112 Å². The van der Waals surface area contributed by atoms with Crippen LogP contribution in [0.15, 0.2) is 36.4 Å². The van der Waals surface area contributed by atoms with Crippen molar-refractivity contribution in [3.8, 4) is 0 Å². The van der Waals surface area contributed by atoms with Gasteiger partial charge in [-0.15, -0.1) is 0 Å². The van der Waals surface area contributed by atoms with Crippen molar-refractivity contribution < 1.29 is 9.13 Å². The van der Waals surface area contributed by atoms with Crippen LogP contribution in [0.5, 0.6) is 0 Å². The van der Waals surface area contributed by atoms with Gasteiger partial charge in [0.1, 0.15) is 11.0 Å². The molecular formula is C13H12N2O3S. The van der Waals surface area contributed by atoms with Crippen molar-refractivity contribution in [2.45, 2.75) is 17.7 Å². The Kier molecular flexibility index (Phi) is 2.15. The summed E-state index contributed by atoms with van der Waals surface area (Å²) < 4.78 is 14.2. The molecule has 3 aliphatic rings. The van der Waals surface area contributed by atoms with Crippen LogP contribution >= 0.6 is 0 Å². The molecule has 4 rings (SSSR count). The minimum Gasteiger partial charge on any atom is -0.287 e. The van der Waals surface area contributed by atoms with Crippen molar-refractivity contribution in [1.82, 2.24) is 0 Å². The second-order valence-electron chi connectivity index (χ2n) is 5.28. The Morgan fingerprint density at radius 2 is 1.89 bits per heavy atom. The monoisotopic (exact) mass is 276 g/mol. The molecule has 0 N–H and O–H groups in total. The number of nitrogens with zero attached hydrogens (tertiary/aromatic N) is 2. The van der Waals surface area contributed by atoms with Crippen LogP contribution < -0.4 is 4.31 Å². The third kappa shape index (κ3) is 1.37. The van der Waals surface area contributed by atoms with Gasteiger partial charge in [-0.1, -0.05) is 12.2 Å². The van der Waals surface area contributed by atoms with Gasteiger partial charge in [0.05, 0.1) is 21.9 Å². The molecular weight excluding hydrogens is 264 g/mol. The number of hydrogen-bond donors (Lipinski definition) is 0. The second kappa shape index (κ2) is 3.66. The molecule has 1 aromatic rings. The van der Waals surface area contributed by atoms with Crippen LogP contribution in [0.3, 0.4) is 0 Å². The topological polar surface area (TPSA) is 63.5 Å². The number of rotatable bonds is 2. The summed E-state index contributed by atoms with van der Waals surface area (Å²) in [4.78, 5) is 10.2. The lowest BCUT2D eigenvalue weighted by atomic mass is 10.00. The minimum absolute atomic E-state index is 0.0689. The van der Waals surface area contributed by atoms with E-state index in [2.05, 4.69) is 12.2 Å². The first kappa shape index (κ1) is 11.2. The highest BCUT2D eigenvalue weighted by Crippen LogP contribution is 2.52. The highest BCUT2D eigenvalue weighted by atomic mass is 32.2. The lowest BCUT2D eigenvalue weighted by molar-refractivity contribution is -0.384. The lowest BCUT2D eigenvalue weighted by Gasteiger charge is -2.48. The van der Waals surface area contributed by atoms with Gasteiger partial charge in [0.25, 0.3) is 5.69 Å². The molecule has 2 fully saturated rings. The van der Waals surface area contributed by atoms with Crippen molar-refractivity contribution in [1.29, 1.82) is 0 Å². The SMILES string of the molecule is O=[N+]([O-])c1ccc(N2[C@@H]3[C@@H]([C@H]4C=C[C@@H]3C4)S2=O)cc1. The molecule has 0 aromatic heterocycles. The van der Waals surface area contributed by atoms with E-state index in [0.29, 0.717) is 17.9 Å². The first-order chi connectivity index (χ1) is 9.16. The molecule has 0 amide bonds. The molecule has 1 aromatic carbocycles. The number of nitro groups is 1. The van der Waals surface area contributed by atoms with E-state index >= 15 is 0 Å². The van der Waals surface area contributed by atoms with Gasteiger partial charge in [-0.3, -0.25) is 14.4 Å². The van der Waals surface area contributed by atoms with E-state index in [9.17, 15) is 14.3 Å². The average molecular weight is 276 g/mol. The van der Waals surface area contributed by atoms with E-state index in [1.165, 1.54) is 12.1 Å². The van der Waals surface area contributed by atoms with E-state index < -0.39 is 15.9 Å². The normalized spacial score (nSPS) is 38.1. The first-order valence-electron chi connectivity index (χ1n) is 6.29. The van der Waals surface area contributed by atoms with Crippen LogP contribution in [0.2, 0.25) is 0 Å². The highest BCUT2D eigenvalue weighted by molar-refractivity contribution is 7.88. The van der Waals surface area contributed by atoms with Gasteiger partial charge in [-0.2, -0.15) is 0 Å². The van der Waals surface area contributed by atoms with Gasteiger partial charge in [-0.25, -0.2) is 4.21 Å². The van der Waals surface area contributed by atoms with E-state index in [1.807, 2.05) is 4.31 Å². The maximum Gasteiger partial charge on any atom is 0.269 e. The Hall–Kier alpha value is -1.69. The lowest BCUT2D eigenvalue weighted by Crippen LogP contribution is -2.62. The summed E-state index contributed by atoms with van der Waals surface area (Å²) in [6, 6.07) is 6.66. The Morgan fingerprint density at radius 3 is 2.58 bits per heavy atom. The molecule has 1 heterocycles. The van der Waals surface area contributed by atoms with Crippen molar-refractivity contribution in [3.05, 3.63) is 46.5 Å². The zero-order chi connectivity index (χ0) is 13.1. The van der Waals surface area contributed by atoms with Crippen LogP contribution in [0.25, 0.3) is 0 Å². The van der Waals surface area contributed by atoms with E-state index in [1.54, 1.807) is 12.1 Å². The average Bonchev–Trinajstić information content (AvgIpc) is 2.96. The zero-order valence-electron chi connectivity index (χ0n) is 10.0. The molecule has 98 valence electrons. The third-order valence-electron chi connectivity index (χ3n) is 4.36. The summed E-state index contributed by atoms with van der Waals surface area (Å²) in [6.45, 7) is 0. The zero-order valence-corrected chi connectivity index (χ0v) is 10.8. The van der Waals surface area contributed by atoms with Gasteiger partial charge in [0, 0.05) is 18.1 Å². The summed E-state index contributed by atoms with van der Waals surface area (Å²) in [5, 5.41) is 10.9. The molecule has 0 spiro atoms. The van der Waals surface area contributed by atoms with Crippen LogP contribution in [0.4, 0.5) is 11.4 Å². The van der Waals surface area contributed by atoms with Crippen molar-refractivity contribution >= 4 is 22.4 Å². The van der Waals surface area contributed by atoms with Crippen molar-refractivity contribution in [3.63, 3.8) is 0 Å². The summed E-state index contributed by atoms with van der Waals surface area (Å²) >= 11 is 0. The number of nitro benzene ring substituents is 1. The predicted octanol–water partition coefficient (Wildman–Crippen LogP) is 2.02. The maximum atomic E-state index is 12.3. The van der Waals surface area contributed by atoms with E-state index in [4.69, 9.17) is 0 Å². The Morgan fingerprint density at radius 1 is 1.21 bits per heavy atom. The molecule has 1 aliphatic heterocycles. The Balaban J connectivity index is 1.65. The van der Waals surface area contributed by atoms with Gasteiger partial charge in [0.2, 0.25) is 0 Å². The Bertz CT molecular complexity index is 613.